The fourth-order valence-electron chi connectivity index (χ4n) is 3.80. The van der Waals surface area contributed by atoms with Crippen molar-refractivity contribution in [3.05, 3.63) is 55.1 Å². The van der Waals surface area contributed by atoms with Gasteiger partial charge in [-0.1, -0.05) is 0 Å². The predicted molar refractivity (Wildman–Crippen MR) is 109 cm³/mol. The van der Waals surface area contributed by atoms with Gasteiger partial charge in [0.2, 0.25) is 10.9 Å². The van der Waals surface area contributed by atoms with Crippen LogP contribution < -0.4 is 10.9 Å². The van der Waals surface area contributed by atoms with Crippen LogP contribution in [-0.4, -0.2) is 29.9 Å². The molecule has 5 aromatic rings. The highest BCUT2D eigenvalue weighted by Gasteiger charge is 2.42. The molecule has 2 N–H and O–H groups in total. The van der Waals surface area contributed by atoms with Crippen molar-refractivity contribution >= 4 is 44.4 Å². The number of nitrogens with one attached hydrogen (secondary N) is 2. The maximum atomic E-state index is 13.6. The smallest absolute Gasteiger partial charge is 0.336 e. The van der Waals surface area contributed by atoms with Gasteiger partial charge in [0.05, 0.1) is 22.2 Å². The van der Waals surface area contributed by atoms with Gasteiger partial charge in [-0.2, -0.15) is 52.7 Å². The van der Waals surface area contributed by atoms with Gasteiger partial charge in [-0.05, 0) is 12.1 Å². The van der Waals surface area contributed by atoms with Gasteiger partial charge in [-0.25, -0.2) is 19.9 Å². The van der Waals surface area contributed by atoms with Gasteiger partial charge in [0.1, 0.15) is 22.4 Å². The molecule has 0 amide bonds. The second-order valence-electron chi connectivity index (χ2n) is 8.07. The summed E-state index contributed by atoms with van der Waals surface area (Å²) in [6.45, 7) is 0. The summed E-state index contributed by atoms with van der Waals surface area (Å²) in [5.74, 6) is 0. The molecule has 0 spiro atoms. The van der Waals surface area contributed by atoms with Crippen LogP contribution >= 0.6 is 0 Å². The van der Waals surface area contributed by atoms with Gasteiger partial charge in [-0.3, -0.25) is 9.59 Å². The third kappa shape index (κ3) is 4.22. The molecule has 0 aliphatic carbocycles. The molecular weight excluding hydrogens is 584 g/mol. The Morgan fingerprint density at radius 1 is 0.475 bits per heavy atom. The Morgan fingerprint density at radius 2 is 0.800 bits per heavy atom. The van der Waals surface area contributed by atoms with Crippen molar-refractivity contribution in [3.8, 4) is 0 Å². The van der Waals surface area contributed by atoms with Crippen LogP contribution in [0.1, 0.15) is 22.5 Å². The Hall–Kier alpha value is -4.52. The Morgan fingerprint density at radius 3 is 1.07 bits per heavy atom. The molecule has 0 atom stereocenters. The quantitative estimate of drug-likeness (QED) is 0.187. The number of alkyl halides is 12. The number of pyridine rings is 4. The van der Waals surface area contributed by atoms with Gasteiger partial charge in [-0.15, -0.1) is 0 Å². The van der Waals surface area contributed by atoms with Crippen LogP contribution in [0.15, 0.2) is 21.7 Å². The lowest BCUT2D eigenvalue weighted by molar-refractivity contribution is -0.146. The molecule has 0 bridgehead atoms. The van der Waals surface area contributed by atoms with Crippen molar-refractivity contribution in [2.45, 2.75) is 24.7 Å². The van der Waals surface area contributed by atoms with E-state index in [0.29, 0.717) is 0 Å². The molecule has 0 radical (unpaired) electrons. The fourth-order valence-corrected chi connectivity index (χ4v) is 3.80. The molecule has 0 saturated heterocycles. The summed E-state index contributed by atoms with van der Waals surface area (Å²) in [6, 6.07) is -0.805. The number of aromatic amines is 2. The molecule has 40 heavy (non-hydrogen) atoms. The lowest BCUT2D eigenvalue weighted by Crippen LogP contribution is -2.20. The lowest BCUT2D eigenvalue weighted by atomic mass is 10.1. The van der Waals surface area contributed by atoms with Crippen molar-refractivity contribution in [2.24, 2.45) is 0 Å². The van der Waals surface area contributed by atoms with Gasteiger partial charge < -0.3 is 9.97 Å². The number of H-pyrrole nitrogens is 2. The maximum Gasteiger partial charge on any atom is 0.433 e. The molecular formula is C20H4F12N6O2. The third-order valence-electron chi connectivity index (χ3n) is 5.47. The zero-order valence-electron chi connectivity index (χ0n) is 18.3. The molecule has 0 saturated carbocycles. The number of rotatable bonds is 0. The van der Waals surface area contributed by atoms with E-state index < -0.39 is 115 Å². The van der Waals surface area contributed by atoms with Gasteiger partial charge in [0.15, 0.2) is 22.3 Å². The zero-order chi connectivity index (χ0) is 29.7. The van der Waals surface area contributed by atoms with E-state index in [1.807, 2.05) is 9.97 Å². The first kappa shape index (κ1) is 27.1. The SMILES string of the molecule is O=c1c2nc3[nH]c4c(C(F)(F)F)cc(C(F)(F)F)nc4c(=O)c3nc2[nH]c2c(C(F)(F)F)cc(C(F)(F)F)nc12. The number of halogens is 12. The first-order chi connectivity index (χ1) is 18.2. The second kappa shape index (κ2) is 8.01. The third-order valence-corrected chi connectivity index (χ3v) is 5.47. The van der Waals surface area contributed by atoms with Gasteiger partial charge in [0.25, 0.3) is 0 Å². The molecule has 0 aliphatic rings. The molecule has 0 aromatic carbocycles. The van der Waals surface area contributed by atoms with Crippen LogP contribution in [0.4, 0.5) is 52.7 Å². The highest BCUT2D eigenvalue weighted by Crippen LogP contribution is 2.39. The summed E-state index contributed by atoms with van der Waals surface area (Å²) in [7, 11) is 0. The largest absolute Gasteiger partial charge is 0.433 e. The molecule has 0 aliphatic heterocycles. The topological polar surface area (TPSA) is 117 Å². The highest BCUT2D eigenvalue weighted by atomic mass is 19.4. The molecule has 0 unspecified atom stereocenters. The first-order valence-corrected chi connectivity index (χ1v) is 10.1. The second-order valence-corrected chi connectivity index (χ2v) is 8.07. The Balaban J connectivity index is 1.96. The van der Waals surface area contributed by atoms with E-state index in [-0.39, 0.29) is 0 Å². The number of hydrogen-bond donors (Lipinski definition) is 2. The van der Waals surface area contributed by atoms with Crippen LogP contribution in [0.25, 0.3) is 44.4 Å². The normalized spacial score (nSPS) is 13.7. The van der Waals surface area contributed by atoms with E-state index in [4.69, 9.17) is 0 Å². The molecule has 5 rings (SSSR count). The lowest BCUT2D eigenvalue weighted by Gasteiger charge is -2.15. The number of nitrogens with zero attached hydrogens (tertiary/aromatic N) is 4. The summed E-state index contributed by atoms with van der Waals surface area (Å²) >= 11 is 0. The predicted octanol–water partition coefficient (Wildman–Crippen LogP) is 5.33. The van der Waals surface area contributed by atoms with E-state index in [0.717, 1.165) is 0 Å². The standard InChI is InChI=1S/C20H4F12N6O2/c21-17(22,23)3-1-5(19(27,28)29)33-9-7(3)35-15-11(13(9)39)38-16-12(37-15)14(40)10-8(36-16)4(18(24,25)26)2-6(34-10)20(30,31)32/h1-2H,(H,35,37,39)(H,36,38,40). The maximum absolute atomic E-state index is 13.6. The molecule has 20 heteroatoms. The average molecular weight is 588 g/mol. The minimum Gasteiger partial charge on any atom is -0.336 e. The Bertz CT molecular complexity index is 1860. The minimum atomic E-state index is -5.48. The van der Waals surface area contributed by atoms with E-state index in [1.165, 1.54) is 0 Å². The van der Waals surface area contributed by atoms with Crippen molar-refractivity contribution in [3.63, 3.8) is 0 Å². The summed E-state index contributed by atoms with van der Waals surface area (Å²) in [5.41, 5.74) is -21.1. The van der Waals surface area contributed by atoms with E-state index in [2.05, 4.69) is 19.9 Å². The van der Waals surface area contributed by atoms with Crippen molar-refractivity contribution in [1.29, 1.82) is 0 Å². The molecule has 0 fully saturated rings. The van der Waals surface area contributed by atoms with Crippen LogP contribution in [0.5, 0.6) is 0 Å². The summed E-state index contributed by atoms with van der Waals surface area (Å²) in [5, 5.41) is 0. The number of aromatic nitrogens is 6. The number of hydrogen-bond acceptors (Lipinski definition) is 6. The zero-order valence-corrected chi connectivity index (χ0v) is 18.3. The fraction of sp³-hybridized carbons (Fsp3) is 0.200. The average Bonchev–Trinajstić information content (AvgIpc) is 2.80. The summed E-state index contributed by atoms with van der Waals surface area (Å²) < 4.78 is 161. The van der Waals surface area contributed by atoms with Crippen LogP contribution in [0.3, 0.4) is 0 Å². The van der Waals surface area contributed by atoms with Crippen molar-refractivity contribution in [2.75, 3.05) is 0 Å². The summed E-state index contributed by atoms with van der Waals surface area (Å²) in [6.07, 6.45) is -21.8. The molecule has 210 valence electrons. The van der Waals surface area contributed by atoms with Crippen molar-refractivity contribution in [1.82, 2.24) is 29.9 Å². The van der Waals surface area contributed by atoms with Gasteiger partial charge in [0, 0.05) is 0 Å². The molecule has 5 heterocycles. The van der Waals surface area contributed by atoms with Crippen molar-refractivity contribution < 1.29 is 52.7 Å². The first-order valence-electron chi connectivity index (χ1n) is 10.1. The van der Waals surface area contributed by atoms with Crippen LogP contribution in [0.2, 0.25) is 0 Å². The molecule has 5 aromatic heterocycles. The Labute approximate surface area is 207 Å². The molecule has 8 nitrogen and oxygen atoms in total. The van der Waals surface area contributed by atoms with E-state index >= 15 is 0 Å². The van der Waals surface area contributed by atoms with E-state index in [9.17, 15) is 62.3 Å². The highest BCUT2D eigenvalue weighted by molar-refractivity contribution is 5.95. The van der Waals surface area contributed by atoms with E-state index in [1.54, 1.807) is 0 Å². The Kier molecular flexibility index (Phi) is 5.42. The monoisotopic (exact) mass is 588 g/mol. The summed E-state index contributed by atoms with van der Waals surface area (Å²) in [4.78, 5) is 42.5. The van der Waals surface area contributed by atoms with Gasteiger partial charge >= 0.3 is 24.7 Å². The number of fused-ring (bicyclic) bond motifs is 4. The van der Waals surface area contributed by atoms with Crippen LogP contribution in [-0.2, 0) is 24.7 Å². The minimum absolute atomic E-state index is 0.403. The van der Waals surface area contributed by atoms with Crippen LogP contribution in [0, 0.1) is 0 Å².